The molecule has 1 aromatic carbocycles. The van der Waals surface area contributed by atoms with Crippen molar-refractivity contribution in [3.05, 3.63) is 23.8 Å². The van der Waals surface area contributed by atoms with E-state index in [-0.39, 0.29) is 49.4 Å². The maximum Gasteiger partial charge on any atom is 0.513 e. The van der Waals surface area contributed by atoms with Gasteiger partial charge in [0.2, 0.25) is 0 Å². The summed E-state index contributed by atoms with van der Waals surface area (Å²) in [6, 6.07) is 4.19. The van der Waals surface area contributed by atoms with E-state index in [1.165, 1.54) is 18.2 Å². The molecular formula is C29H45NO10. The van der Waals surface area contributed by atoms with E-state index in [0.717, 1.165) is 12.8 Å². The molecule has 0 saturated carbocycles. The van der Waals surface area contributed by atoms with E-state index in [1.807, 2.05) is 27.7 Å². The number of nitrogens with two attached hydrogens (primary N) is 1. The van der Waals surface area contributed by atoms with Crippen LogP contribution in [0.15, 0.2) is 18.2 Å². The molecule has 0 saturated heterocycles. The number of carboxylic acid groups (broad SMARTS) is 1. The van der Waals surface area contributed by atoms with Crippen LogP contribution in [0.25, 0.3) is 0 Å². The minimum atomic E-state index is -1.83. The Morgan fingerprint density at radius 1 is 0.875 bits per heavy atom. The predicted molar refractivity (Wildman–Crippen MR) is 147 cm³/mol. The Kier molecular flexibility index (Phi) is 13.4. The van der Waals surface area contributed by atoms with Crippen molar-refractivity contribution in [1.82, 2.24) is 0 Å². The summed E-state index contributed by atoms with van der Waals surface area (Å²) < 4.78 is 26.3. The molecule has 11 nitrogen and oxygen atoms in total. The van der Waals surface area contributed by atoms with Crippen molar-refractivity contribution in [1.29, 1.82) is 0 Å². The minimum Gasteiger partial charge on any atom is -0.480 e. The lowest BCUT2D eigenvalue weighted by Crippen LogP contribution is -2.52. The molecule has 0 spiro atoms. The van der Waals surface area contributed by atoms with Crippen LogP contribution in [0.2, 0.25) is 0 Å². The van der Waals surface area contributed by atoms with Crippen molar-refractivity contribution >= 4 is 24.2 Å². The van der Waals surface area contributed by atoms with Gasteiger partial charge in [-0.05, 0) is 57.2 Å². The van der Waals surface area contributed by atoms with Gasteiger partial charge in [-0.3, -0.25) is 9.59 Å². The summed E-state index contributed by atoms with van der Waals surface area (Å²) in [5.41, 5.74) is 4.04. The van der Waals surface area contributed by atoms with Gasteiger partial charge >= 0.3 is 24.2 Å². The Balaban J connectivity index is 3.20. The SMILES string of the molecule is CCC(C)COC(=O)Oc1ccc(CC(N)(C[C@H](C)OC(=O)C(C)(C)C)C(=O)O)cc1OC(=O)OCC(C)CC. The van der Waals surface area contributed by atoms with E-state index in [4.69, 9.17) is 29.4 Å². The molecule has 0 amide bonds. The van der Waals surface area contributed by atoms with Gasteiger partial charge in [0.1, 0.15) is 11.6 Å². The first kappa shape index (κ1) is 34.7. The summed E-state index contributed by atoms with van der Waals surface area (Å²) in [6.07, 6.45) is -1.60. The van der Waals surface area contributed by atoms with E-state index in [0.29, 0.717) is 5.56 Å². The van der Waals surface area contributed by atoms with Gasteiger partial charge in [-0.2, -0.15) is 0 Å². The van der Waals surface area contributed by atoms with Crippen molar-refractivity contribution < 1.29 is 48.0 Å². The highest BCUT2D eigenvalue weighted by Crippen LogP contribution is 2.32. The Bertz CT molecular complexity index is 1020. The molecule has 0 fully saturated rings. The maximum absolute atomic E-state index is 12.4. The van der Waals surface area contributed by atoms with Gasteiger partial charge in [-0.25, -0.2) is 9.59 Å². The molecule has 11 heteroatoms. The molecule has 1 rings (SSSR count). The topological polar surface area (TPSA) is 161 Å². The Morgan fingerprint density at radius 3 is 1.82 bits per heavy atom. The van der Waals surface area contributed by atoms with Crippen molar-refractivity contribution in [2.45, 2.75) is 92.7 Å². The lowest BCUT2D eigenvalue weighted by Gasteiger charge is -2.29. The number of carbonyl (C=O) groups excluding carboxylic acids is 3. The molecule has 3 unspecified atom stereocenters. The zero-order valence-corrected chi connectivity index (χ0v) is 24.9. The third kappa shape index (κ3) is 11.8. The lowest BCUT2D eigenvalue weighted by molar-refractivity contribution is -0.160. The maximum atomic E-state index is 12.4. The second-order valence-electron chi connectivity index (χ2n) is 11.4. The Hall–Kier alpha value is -3.34. The highest BCUT2D eigenvalue weighted by Gasteiger charge is 2.38. The molecule has 1 aromatic rings. The molecule has 0 aliphatic heterocycles. The summed E-state index contributed by atoms with van der Waals surface area (Å²) in [5.74, 6) is -1.86. The molecule has 0 heterocycles. The van der Waals surface area contributed by atoms with Gasteiger partial charge in [0.05, 0.1) is 18.6 Å². The fraction of sp³-hybridized carbons (Fsp3) is 0.655. The number of benzene rings is 1. The lowest BCUT2D eigenvalue weighted by atomic mass is 9.86. The fourth-order valence-corrected chi connectivity index (χ4v) is 3.23. The van der Waals surface area contributed by atoms with Crippen LogP contribution in [0.5, 0.6) is 11.5 Å². The largest absolute Gasteiger partial charge is 0.513 e. The quantitative estimate of drug-likeness (QED) is 0.166. The van der Waals surface area contributed by atoms with Crippen LogP contribution >= 0.6 is 0 Å². The molecule has 40 heavy (non-hydrogen) atoms. The Morgan fingerprint density at radius 2 is 1.38 bits per heavy atom. The van der Waals surface area contributed by atoms with E-state index >= 15 is 0 Å². The zero-order valence-electron chi connectivity index (χ0n) is 24.9. The van der Waals surface area contributed by atoms with E-state index in [2.05, 4.69) is 0 Å². The van der Waals surface area contributed by atoms with Gasteiger partial charge in [0, 0.05) is 12.8 Å². The summed E-state index contributed by atoms with van der Waals surface area (Å²) in [4.78, 5) is 49.1. The predicted octanol–water partition coefficient (Wildman–Crippen LogP) is 5.50. The number of hydrogen-bond acceptors (Lipinski definition) is 10. The van der Waals surface area contributed by atoms with E-state index in [9.17, 15) is 24.3 Å². The number of hydrogen-bond donors (Lipinski definition) is 2. The van der Waals surface area contributed by atoms with E-state index in [1.54, 1.807) is 27.7 Å². The third-order valence-corrected chi connectivity index (χ3v) is 6.28. The van der Waals surface area contributed by atoms with Gasteiger partial charge in [-0.15, -0.1) is 0 Å². The zero-order chi connectivity index (χ0) is 30.7. The molecule has 0 radical (unpaired) electrons. The van der Waals surface area contributed by atoms with Crippen LogP contribution in [0.4, 0.5) is 9.59 Å². The van der Waals surface area contributed by atoms with E-state index < -0.39 is 41.3 Å². The number of carboxylic acids is 1. The van der Waals surface area contributed by atoms with Crippen LogP contribution in [0.1, 0.15) is 80.2 Å². The highest BCUT2D eigenvalue weighted by molar-refractivity contribution is 5.79. The van der Waals surface area contributed by atoms with Crippen LogP contribution in [0.3, 0.4) is 0 Å². The molecule has 4 atom stereocenters. The first-order valence-corrected chi connectivity index (χ1v) is 13.6. The summed E-state index contributed by atoms with van der Waals surface area (Å²) in [5, 5.41) is 9.94. The number of aliphatic carboxylic acids is 1. The van der Waals surface area contributed by atoms with Crippen molar-refractivity contribution in [3.8, 4) is 11.5 Å². The Labute approximate surface area is 236 Å². The number of carbonyl (C=O) groups is 4. The first-order chi connectivity index (χ1) is 18.5. The molecule has 0 aromatic heterocycles. The van der Waals surface area contributed by atoms with Crippen LogP contribution in [0, 0.1) is 17.3 Å². The van der Waals surface area contributed by atoms with Crippen molar-refractivity contribution in [2.24, 2.45) is 23.0 Å². The smallest absolute Gasteiger partial charge is 0.480 e. The molecule has 0 aliphatic carbocycles. The van der Waals surface area contributed by atoms with Gasteiger partial charge < -0.3 is 34.5 Å². The number of ether oxygens (including phenoxy) is 5. The third-order valence-electron chi connectivity index (χ3n) is 6.28. The monoisotopic (exact) mass is 567 g/mol. The summed E-state index contributed by atoms with van der Waals surface area (Å²) >= 11 is 0. The standard InChI is InChI=1S/C29H45NO10/c1-9-18(3)16-36-26(34)39-22-12-11-21(13-23(22)40-27(35)37-17-19(4)10-2)15-29(30,24(31)32)14-20(5)38-25(33)28(6,7)8/h11-13,18-20H,9-10,14-17,30H2,1-8H3,(H,31,32)/t18?,19?,20-,29?/m0/s1. The van der Waals surface area contributed by atoms with Crippen LogP contribution < -0.4 is 15.2 Å². The summed E-state index contributed by atoms with van der Waals surface area (Å²) in [7, 11) is 0. The highest BCUT2D eigenvalue weighted by atomic mass is 16.7. The van der Waals surface area contributed by atoms with Crippen LogP contribution in [-0.4, -0.2) is 54.2 Å². The molecule has 226 valence electrons. The summed E-state index contributed by atoms with van der Waals surface area (Å²) in [6.45, 7) is 14.6. The molecule has 3 N–H and O–H groups in total. The fourth-order valence-electron chi connectivity index (χ4n) is 3.23. The second kappa shape index (κ2) is 15.4. The minimum absolute atomic E-state index is 0.105. The van der Waals surface area contributed by atoms with Gasteiger partial charge in [0.15, 0.2) is 11.5 Å². The second-order valence-corrected chi connectivity index (χ2v) is 11.4. The average molecular weight is 568 g/mol. The van der Waals surface area contributed by atoms with Gasteiger partial charge in [0.25, 0.3) is 0 Å². The molecule has 0 bridgehead atoms. The average Bonchev–Trinajstić information content (AvgIpc) is 2.86. The number of esters is 1. The van der Waals surface area contributed by atoms with Gasteiger partial charge in [-0.1, -0.05) is 46.6 Å². The molecular weight excluding hydrogens is 522 g/mol. The first-order valence-electron chi connectivity index (χ1n) is 13.6. The molecule has 0 aliphatic rings. The van der Waals surface area contributed by atoms with Crippen LogP contribution in [-0.2, 0) is 30.2 Å². The number of rotatable bonds is 14. The normalized spacial score (nSPS) is 15.1. The van der Waals surface area contributed by atoms with Crippen molar-refractivity contribution in [3.63, 3.8) is 0 Å². The van der Waals surface area contributed by atoms with Crippen molar-refractivity contribution in [2.75, 3.05) is 13.2 Å².